The molecule has 0 aliphatic carbocycles. The molecule has 25 heavy (non-hydrogen) atoms. The molecule has 1 atom stereocenters. The van der Waals surface area contributed by atoms with Crippen molar-refractivity contribution in [3.05, 3.63) is 76.2 Å². The molecule has 4 heteroatoms. The highest BCUT2D eigenvalue weighted by atomic mass is 16.5. The molecule has 0 aliphatic heterocycles. The summed E-state index contributed by atoms with van der Waals surface area (Å²) < 4.78 is 7.69. The van der Waals surface area contributed by atoms with Gasteiger partial charge in [-0.25, -0.2) is 4.98 Å². The van der Waals surface area contributed by atoms with Crippen LogP contribution in [-0.2, 0) is 11.8 Å². The lowest BCUT2D eigenvalue weighted by Crippen LogP contribution is -2.30. The molecule has 130 valence electrons. The first kappa shape index (κ1) is 17.4. The number of hydrogen-bond donors (Lipinski definition) is 0. The summed E-state index contributed by atoms with van der Waals surface area (Å²) >= 11 is 0. The molecule has 0 amide bonds. The zero-order chi connectivity index (χ0) is 18.0. The minimum absolute atomic E-state index is 0.0786. The van der Waals surface area contributed by atoms with Crippen LogP contribution in [-0.4, -0.2) is 21.8 Å². The molecule has 1 aromatic heterocycles. The number of ether oxygens (including phenoxy) is 1. The maximum Gasteiger partial charge on any atom is 0.273 e. The van der Waals surface area contributed by atoms with E-state index >= 15 is 0 Å². The summed E-state index contributed by atoms with van der Waals surface area (Å²) in [6.45, 7) is 6.46. The van der Waals surface area contributed by atoms with E-state index in [4.69, 9.17) is 9.72 Å². The van der Waals surface area contributed by atoms with Crippen LogP contribution in [0.1, 0.15) is 37.9 Å². The Morgan fingerprint density at radius 1 is 1.04 bits per heavy atom. The quantitative estimate of drug-likeness (QED) is 0.726. The van der Waals surface area contributed by atoms with Gasteiger partial charge >= 0.3 is 0 Å². The van der Waals surface area contributed by atoms with E-state index in [9.17, 15) is 4.79 Å². The van der Waals surface area contributed by atoms with Gasteiger partial charge in [-0.15, -0.1) is 0 Å². The van der Waals surface area contributed by atoms with Gasteiger partial charge in [0.1, 0.15) is 5.69 Å². The third-order valence-electron chi connectivity index (χ3n) is 4.22. The highest BCUT2D eigenvalue weighted by Gasteiger charge is 2.24. The van der Waals surface area contributed by atoms with Crippen LogP contribution in [0.5, 0.6) is 0 Å². The fraction of sp³-hybridized carbons (Fsp3) is 0.333. The van der Waals surface area contributed by atoms with Crippen molar-refractivity contribution >= 4 is 11.0 Å². The summed E-state index contributed by atoms with van der Waals surface area (Å²) in [5.74, 6) is -0.205. The number of aryl methyl sites for hydroxylation is 1. The number of rotatable bonds is 4. The van der Waals surface area contributed by atoms with Crippen molar-refractivity contribution in [2.24, 2.45) is 7.05 Å². The first-order valence-electron chi connectivity index (χ1n) is 8.51. The molecule has 0 saturated heterocycles. The van der Waals surface area contributed by atoms with E-state index in [1.165, 1.54) is 0 Å². The van der Waals surface area contributed by atoms with Crippen molar-refractivity contribution in [3.63, 3.8) is 0 Å². The summed E-state index contributed by atoms with van der Waals surface area (Å²) in [6.07, 6.45) is 0. The SMILES string of the molecule is Cn1c(=O)c(C(COC(C)(C)C)c2ccccc2)nc2ccccc21. The number of nitrogens with zero attached hydrogens (tertiary/aromatic N) is 2. The Balaban J connectivity index is 2.14. The molecule has 3 rings (SSSR count). The summed E-state index contributed by atoms with van der Waals surface area (Å²) in [7, 11) is 1.79. The number of hydrogen-bond acceptors (Lipinski definition) is 3. The lowest BCUT2D eigenvalue weighted by atomic mass is 9.96. The number of fused-ring (bicyclic) bond motifs is 1. The Kier molecular flexibility index (Phi) is 4.73. The molecule has 0 aliphatic rings. The maximum absolute atomic E-state index is 13.0. The molecule has 1 heterocycles. The van der Waals surface area contributed by atoms with Gasteiger partial charge in [-0.3, -0.25) is 4.79 Å². The predicted octanol–water partition coefficient (Wildman–Crippen LogP) is 3.88. The van der Waals surface area contributed by atoms with E-state index < -0.39 is 0 Å². The lowest BCUT2D eigenvalue weighted by Gasteiger charge is -2.24. The number of benzene rings is 2. The van der Waals surface area contributed by atoms with Gasteiger partial charge in [0.2, 0.25) is 0 Å². The van der Waals surface area contributed by atoms with Crippen LogP contribution < -0.4 is 5.56 Å². The maximum atomic E-state index is 13.0. The van der Waals surface area contributed by atoms with Crippen LogP contribution in [0.25, 0.3) is 11.0 Å². The van der Waals surface area contributed by atoms with Gasteiger partial charge in [0.05, 0.1) is 29.2 Å². The average molecular weight is 336 g/mol. The van der Waals surface area contributed by atoms with Gasteiger partial charge in [0.25, 0.3) is 5.56 Å². The van der Waals surface area contributed by atoms with Crippen LogP contribution in [0.2, 0.25) is 0 Å². The lowest BCUT2D eigenvalue weighted by molar-refractivity contribution is -0.00716. The molecule has 0 fully saturated rings. The normalized spacial score (nSPS) is 13.1. The first-order chi connectivity index (χ1) is 11.9. The zero-order valence-electron chi connectivity index (χ0n) is 15.2. The van der Waals surface area contributed by atoms with E-state index in [1.54, 1.807) is 11.6 Å². The molecular weight excluding hydrogens is 312 g/mol. The number of aromatic nitrogens is 2. The van der Waals surface area contributed by atoms with Crippen molar-refractivity contribution < 1.29 is 4.74 Å². The van der Waals surface area contributed by atoms with Crippen molar-refractivity contribution in [2.45, 2.75) is 32.3 Å². The van der Waals surface area contributed by atoms with E-state index in [0.29, 0.717) is 12.3 Å². The molecule has 0 saturated carbocycles. The standard InChI is InChI=1S/C21H24N2O2/c1-21(2,3)25-14-16(15-10-6-5-7-11-15)19-20(24)23(4)18-13-9-8-12-17(18)22-19/h5-13,16H,14H2,1-4H3. The Hall–Kier alpha value is -2.46. The predicted molar refractivity (Wildman–Crippen MR) is 101 cm³/mol. The summed E-state index contributed by atoms with van der Waals surface area (Å²) in [4.78, 5) is 17.7. The highest BCUT2D eigenvalue weighted by molar-refractivity contribution is 5.74. The molecule has 0 bridgehead atoms. The Morgan fingerprint density at radius 2 is 1.68 bits per heavy atom. The van der Waals surface area contributed by atoms with Crippen molar-refractivity contribution in [2.75, 3.05) is 6.61 Å². The molecule has 4 nitrogen and oxygen atoms in total. The van der Waals surface area contributed by atoms with Crippen LogP contribution in [0.4, 0.5) is 0 Å². The third-order valence-corrected chi connectivity index (χ3v) is 4.22. The van der Waals surface area contributed by atoms with Crippen molar-refractivity contribution in [1.29, 1.82) is 0 Å². The van der Waals surface area contributed by atoms with Gasteiger partial charge < -0.3 is 9.30 Å². The second-order valence-electron chi connectivity index (χ2n) is 7.24. The van der Waals surface area contributed by atoms with Crippen LogP contribution in [0, 0.1) is 0 Å². The molecule has 0 radical (unpaired) electrons. The van der Waals surface area contributed by atoms with Crippen molar-refractivity contribution in [3.8, 4) is 0 Å². The Morgan fingerprint density at radius 3 is 2.36 bits per heavy atom. The van der Waals surface area contributed by atoms with Gasteiger partial charge in [-0.2, -0.15) is 0 Å². The largest absolute Gasteiger partial charge is 0.375 e. The minimum atomic E-state index is -0.283. The van der Waals surface area contributed by atoms with Gasteiger partial charge in [-0.1, -0.05) is 42.5 Å². The monoisotopic (exact) mass is 336 g/mol. The van der Waals surface area contributed by atoms with Gasteiger partial charge in [-0.05, 0) is 38.5 Å². The van der Waals surface area contributed by atoms with E-state index in [0.717, 1.165) is 16.6 Å². The van der Waals surface area contributed by atoms with Crippen LogP contribution in [0.15, 0.2) is 59.4 Å². The fourth-order valence-corrected chi connectivity index (χ4v) is 2.88. The highest BCUT2D eigenvalue weighted by Crippen LogP contribution is 2.25. The Bertz CT molecular complexity index is 924. The second-order valence-corrected chi connectivity index (χ2v) is 7.24. The van der Waals surface area contributed by atoms with Crippen LogP contribution in [0.3, 0.4) is 0 Å². The molecule has 2 aromatic carbocycles. The molecule has 0 spiro atoms. The van der Waals surface area contributed by atoms with Crippen LogP contribution >= 0.6 is 0 Å². The van der Waals surface area contributed by atoms with Crippen molar-refractivity contribution in [1.82, 2.24) is 9.55 Å². The molecule has 3 aromatic rings. The van der Waals surface area contributed by atoms with E-state index in [1.807, 2.05) is 75.4 Å². The minimum Gasteiger partial charge on any atom is -0.375 e. The average Bonchev–Trinajstić information content (AvgIpc) is 2.59. The fourth-order valence-electron chi connectivity index (χ4n) is 2.88. The summed E-state index contributed by atoms with van der Waals surface area (Å²) in [6, 6.07) is 17.7. The first-order valence-corrected chi connectivity index (χ1v) is 8.51. The molecule has 0 N–H and O–H groups in total. The second kappa shape index (κ2) is 6.81. The number of para-hydroxylation sites is 2. The smallest absolute Gasteiger partial charge is 0.273 e. The van der Waals surface area contributed by atoms with E-state index in [2.05, 4.69) is 0 Å². The van der Waals surface area contributed by atoms with E-state index in [-0.39, 0.29) is 17.1 Å². The van der Waals surface area contributed by atoms with Gasteiger partial charge in [0.15, 0.2) is 0 Å². The zero-order valence-corrected chi connectivity index (χ0v) is 15.2. The summed E-state index contributed by atoms with van der Waals surface area (Å²) in [5.41, 5.74) is 2.85. The van der Waals surface area contributed by atoms with Gasteiger partial charge in [0, 0.05) is 7.05 Å². The molecule has 1 unspecified atom stereocenters. The molecular formula is C21H24N2O2. The third kappa shape index (κ3) is 3.80. The topological polar surface area (TPSA) is 44.1 Å². The Labute approximate surface area is 148 Å². The summed E-state index contributed by atoms with van der Waals surface area (Å²) in [5, 5.41) is 0.